The van der Waals surface area contributed by atoms with E-state index in [9.17, 15) is 9.59 Å². The first kappa shape index (κ1) is 20.5. The zero-order valence-corrected chi connectivity index (χ0v) is 17.1. The molecule has 1 saturated heterocycles. The molecule has 1 aromatic carbocycles. The van der Waals surface area contributed by atoms with Crippen LogP contribution in [0, 0.1) is 0 Å². The fourth-order valence-electron chi connectivity index (χ4n) is 2.98. The van der Waals surface area contributed by atoms with Crippen molar-refractivity contribution in [2.75, 3.05) is 38.7 Å². The van der Waals surface area contributed by atoms with E-state index >= 15 is 0 Å². The Labute approximate surface area is 172 Å². The van der Waals surface area contributed by atoms with Crippen LogP contribution in [0.15, 0.2) is 24.3 Å². The lowest BCUT2D eigenvalue weighted by Crippen LogP contribution is -2.45. The van der Waals surface area contributed by atoms with E-state index in [0.29, 0.717) is 37.0 Å². The Morgan fingerprint density at radius 1 is 1.39 bits per heavy atom. The number of ether oxygens (including phenoxy) is 1. The number of anilines is 1. The van der Waals surface area contributed by atoms with Gasteiger partial charge in [-0.3, -0.25) is 4.79 Å². The molecule has 150 valence electrons. The lowest BCUT2D eigenvalue weighted by atomic mass is 9.99. The normalized spacial score (nSPS) is 16.6. The summed E-state index contributed by atoms with van der Waals surface area (Å²) in [5.41, 5.74) is 0.603. The average molecular weight is 424 g/mol. The van der Waals surface area contributed by atoms with Crippen molar-refractivity contribution in [1.82, 2.24) is 20.4 Å². The van der Waals surface area contributed by atoms with Gasteiger partial charge in [0, 0.05) is 43.4 Å². The van der Waals surface area contributed by atoms with Gasteiger partial charge < -0.3 is 20.3 Å². The molecular weight excluding hydrogens is 402 g/mol. The van der Waals surface area contributed by atoms with Crippen LogP contribution in [0.1, 0.15) is 33.6 Å². The van der Waals surface area contributed by atoms with Crippen LogP contribution in [0.3, 0.4) is 0 Å². The van der Waals surface area contributed by atoms with Crippen molar-refractivity contribution < 1.29 is 14.3 Å². The lowest BCUT2D eigenvalue weighted by Gasteiger charge is -2.31. The summed E-state index contributed by atoms with van der Waals surface area (Å²) >= 11 is 7.20. The van der Waals surface area contributed by atoms with Crippen molar-refractivity contribution in [2.45, 2.75) is 18.8 Å². The Hall–Kier alpha value is -2.23. The topological polar surface area (TPSA) is 96.4 Å². The summed E-state index contributed by atoms with van der Waals surface area (Å²) < 4.78 is 4.95. The highest BCUT2D eigenvalue weighted by Gasteiger charge is 2.28. The van der Waals surface area contributed by atoms with E-state index < -0.39 is 0 Å². The van der Waals surface area contributed by atoms with Crippen molar-refractivity contribution in [1.29, 1.82) is 0 Å². The van der Waals surface area contributed by atoms with Crippen LogP contribution in [-0.2, 0) is 4.74 Å². The van der Waals surface area contributed by atoms with Crippen LogP contribution in [0.25, 0.3) is 0 Å². The Morgan fingerprint density at radius 3 is 3.04 bits per heavy atom. The number of nitrogens with zero attached hydrogens (tertiary/aromatic N) is 3. The van der Waals surface area contributed by atoms with Gasteiger partial charge in [0.25, 0.3) is 5.91 Å². The number of aromatic nitrogens is 2. The minimum absolute atomic E-state index is 0.0761. The standard InChI is InChI=1S/C18H22ClN5O3S/c1-27-9-7-20-18(26)24-8-3-4-12(11-24)16-22-23-17(28-16)15(25)21-14-6-2-5-13(19)10-14/h2,5-6,10,12H,3-4,7-9,11H2,1H3,(H,20,26)(H,21,25)/t12-/m0/s1. The van der Waals surface area contributed by atoms with Crippen molar-refractivity contribution in [2.24, 2.45) is 0 Å². The molecule has 0 radical (unpaired) electrons. The molecule has 2 aromatic rings. The predicted molar refractivity (Wildman–Crippen MR) is 108 cm³/mol. The molecule has 0 unspecified atom stereocenters. The van der Waals surface area contributed by atoms with Gasteiger partial charge in [0.1, 0.15) is 5.01 Å². The third-order valence-corrected chi connectivity index (χ3v) is 5.68. The Kier molecular flexibility index (Phi) is 7.18. The molecule has 3 amide bonds. The first-order valence-electron chi connectivity index (χ1n) is 8.99. The Balaban J connectivity index is 1.59. The van der Waals surface area contributed by atoms with E-state index in [1.54, 1.807) is 36.3 Å². The Morgan fingerprint density at radius 2 is 2.25 bits per heavy atom. The summed E-state index contributed by atoms with van der Waals surface area (Å²) in [5.74, 6) is -0.247. The van der Waals surface area contributed by atoms with Gasteiger partial charge in [-0.15, -0.1) is 10.2 Å². The molecule has 1 aromatic heterocycles. The maximum absolute atomic E-state index is 12.4. The molecule has 0 aliphatic carbocycles. The quantitative estimate of drug-likeness (QED) is 0.696. The number of methoxy groups -OCH3 is 1. The fourth-order valence-corrected chi connectivity index (χ4v) is 4.03. The van der Waals surface area contributed by atoms with Gasteiger partial charge >= 0.3 is 6.03 Å². The number of benzene rings is 1. The van der Waals surface area contributed by atoms with E-state index in [1.165, 1.54) is 11.3 Å². The number of hydrogen-bond acceptors (Lipinski definition) is 6. The molecule has 8 nitrogen and oxygen atoms in total. The number of halogens is 1. The van der Waals surface area contributed by atoms with Gasteiger partial charge in [-0.1, -0.05) is 29.0 Å². The molecule has 2 N–H and O–H groups in total. The van der Waals surface area contributed by atoms with Gasteiger partial charge in [0.2, 0.25) is 5.01 Å². The second-order valence-electron chi connectivity index (χ2n) is 6.42. The van der Waals surface area contributed by atoms with Crippen LogP contribution < -0.4 is 10.6 Å². The van der Waals surface area contributed by atoms with E-state index in [0.717, 1.165) is 17.8 Å². The summed E-state index contributed by atoms with van der Waals surface area (Å²) in [4.78, 5) is 26.4. The first-order valence-corrected chi connectivity index (χ1v) is 10.2. The Bertz CT molecular complexity index is 831. The molecule has 1 fully saturated rings. The second-order valence-corrected chi connectivity index (χ2v) is 7.87. The van der Waals surface area contributed by atoms with Gasteiger partial charge in [-0.25, -0.2) is 4.79 Å². The second kappa shape index (κ2) is 9.81. The fraction of sp³-hybridized carbons (Fsp3) is 0.444. The molecule has 0 saturated carbocycles. The molecule has 1 aliphatic heterocycles. The number of urea groups is 1. The monoisotopic (exact) mass is 423 g/mol. The average Bonchev–Trinajstić information content (AvgIpc) is 3.19. The number of carbonyl (C=O) groups excluding carboxylic acids is 2. The number of carbonyl (C=O) groups is 2. The van der Waals surface area contributed by atoms with Crippen molar-refractivity contribution in [3.63, 3.8) is 0 Å². The molecule has 1 atom stereocenters. The van der Waals surface area contributed by atoms with Crippen LogP contribution in [0.2, 0.25) is 5.02 Å². The van der Waals surface area contributed by atoms with Crippen LogP contribution in [0.5, 0.6) is 0 Å². The first-order chi connectivity index (χ1) is 13.6. The predicted octanol–water partition coefficient (Wildman–Crippen LogP) is 2.98. The molecule has 0 spiro atoms. The van der Waals surface area contributed by atoms with Crippen LogP contribution in [0.4, 0.5) is 10.5 Å². The molecule has 10 heteroatoms. The number of rotatable bonds is 6. The maximum Gasteiger partial charge on any atom is 0.317 e. The minimum Gasteiger partial charge on any atom is -0.383 e. The van der Waals surface area contributed by atoms with E-state index in [2.05, 4.69) is 20.8 Å². The van der Waals surface area contributed by atoms with Gasteiger partial charge in [0.05, 0.1) is 6.61 Å². The maximum atomic E-state index is 12.4. The molecule has 3 rings (SSSR count). The zero-order chi connectivity index (χ0) is 19.9. The van der Waals surface area contributed by atoms with Crippen LogP contribution >= 0.6 is 22.9 Å². The SMILES string of the molecule is COCCNC(=O)N1CCC[C@H](c2nnc(C(=O)Nc3cccc(Cl)c3)s2)C1. The largest absolute Gasteiger partial charge is 0.383 e. The summed E-state index contributed by atoms with van der Waals surface area (Å²) in [5, 5.41) is 15.4. The van der Waals surface area contributed by atoms with Crippen molar-refractivity contribution in [3.05, 3.63) is 39.3 Å². The third-order valence-electron chi connectivity index (χ3n) is 4.36. The van der Waals surface area contributed by atoms with E-state index in [-0.39, 0.29) is 22.9 Å². The molecule has 1 aliphatic rings. The van der Waals surface area contributed by atoms with Gasteiger partial charge in [0.15, 0.2) is 0 Å². The number of nitrogens with one attached hydrogen (secondary N) is 2. The van der Waals surface area contributed by atoms with Gasteiger partial charge in [-0.2, -0.15) is 0 Å². The van der Waals surface area contributed by atoms with Gasteiger partial charge in [-0.05, 0) is 31.0 Å². The summed E-state index contributed by atoms with van der Waals surface area (Å²) in [6.07, 6.45) is 1.79. The number of hydrogen-bond donors (Lipinski definition) is 2. The highest BCUT2D eigenvalue weighted by Crippen LogP contribution is 2.29. The smallest absolute Gasteiger partial charge is 0.317 e. The molecule has 0 bridgehead atoms. The summed E-state index contributed by atoms with van der Waals surface area (Å²) in [6, 6.07) is 6.82. The zero-order valence-electron chi connectivity index (χ0n) is 15.5. The number of likely N-dealkylation sites (tertiary alicyclic amines) is 1. The van der Waals surface area contributed by atoms with E-state index in [4.69, 9.17) is 16.3 Å². The number of piperidine rings is 1. The molecule has 28 heavy (non-hydrogen) atoms. The van der Waals surface area contributed by atoms with Crippen LogP contribution in [-0.4, -0.2) is 60.4 Å². The minimum atomic E-state index is -0.323. The molecular formula is C18H22ClN5O3S. The van der Waals surface area contributed by atoms with Crippen molar-refractivity contribution >= 4 is 40.6 Å². The summed E-state index contributed by atoms with van der Waals surface area (Å²) in [7, 11) is 1.60. The highest BCUT2D eigenvalue weighted by atomic mass is 35.5. The summed E-state index contributed by atoms with van der Waals surface area (Å²) in [6.45, 7) is 2.22. The third kappa shape index (κ3) is 5.40. The van der Waals surface area contributed by atoms with Crippen molar-refractivity contribution in [3.8, 4) is 0 Å². The lowest BCUT2D eigenvalue weighted by molar-refractivity contribution is 0.102. The molecule has 2 heterocycles. The number of amides is 3. The highest BCUT2D eigenvalue weighted by molar-refractivity contribution is 7.13. The van der Waals surface area contributed by atoms with E-state index in [1.807, 2.05) is 0 Å².